The van der Waals surface area contributed by atoms with E-state index < -0.39 is 15.9 Å². The van der Waals surface area contributed by atoms with Crippen molar-refractivity contribution in [2.75, 3.05) is 16.6 Å². The highest BCUT2D eigenvalue weighted by molar-refractivity contribution is 7.92. The molecule has 0 aliphatic rings. The van der Waals surface area contributed by atoms with E-state index in [1.807, 2.05) is 36.5 Å². The van der Waals surface area contributed by atoms with Crippen molar-refractivity contribution in [2.45, 2.75) is 39.0 Å². The molecule has 0 saturated heterocycles. The van der Waals surface area contributed by atoms with E-state index in [4.69, 9.17) is 5.21 Å². The first kappa shape index (κ1) is 22.8. The molecular formula is C23H29N3O4S. The number of carbonyl (C=O) groups excluding carboxylic acids is 1. The second kappa shape index (κ2) is 10.5. The lowest BCUT2D eigenvalue weighted by atomic mass is 10.0. The lowest BCUT2D eigenvalue weighted by Gasteiger charge is -2.24. The van der Waals surface area contributed by atoms with Gasteiger partial charge in [0.25, 0.3) is 0 Å². The molecule has 0 unspecified atom stereocenters. The minimum Gasteiger partial charge on any atom is -0.361 e. The molecule has 1 aromatic heterocycles. The number of sulfonamides is 1. The van der Waals surface area contributed by atoms with Crippen molar-refractivity contribution in [2.24, 2.45) is 0 Å². The van der Waals surface area contributed by atoms with E-state index in [1.54, 1.807) is 12.4 Å². The summed E-state index contributed by atoms with van der Waals surface area (Å²) >= 11 is 0. The summed E-state index contributed by atoms with van der Waals surface area (Å²) in [6, 6.07) is 15.8. The van der Waals surface area contributed by atoms with Crippen molar-refractivity contribution in [1.29, 1.82) is 0 Å². The van der Waals surface area contributed by atoms with E-state index in [9.17, 15) is 13.2 Å². The normalized spacial score (nSPS) is 11.5. The van der Waals surface area contributed by atoms with Gasteiger partial charge in [-0.15, -0.1) is 0 Å². The van der Waals surface area contributed by atoms with Crippen LogP contribution in [0, 0.1) is 0 Å². The van der Waals surface area contributed by atoms with Gasteiger partial charge in [-0.2, -0.15) is 0 Å². The van der Waals surface area contributed by atoms with E-state index in [2.05, 4.69) is 23.2 Å². The molecule has 31 heavy (non-hydrogen) atoms. The van der Waals surface area contributed by atoms with Gasteiger partial charge in [0.15, 0.2) is 0 Å². The maximum atomic E-state index is 12.7. The Bertz CT molecular complexity index is 1110. The Morgan fingerprint density at radius 1 is 1.00 bits per heavy atom. The van der Waals surface area contributed by atoms with Crippen LogP contribution in [0.1, 0.15) is 39.0 Å². The average molecular weight is 444 g/mol. The van der Waals surface area contributed by atoms with Crippen LogP contribution in [0.2, 0.25) is 0 Å². The van der Waals surface area contributed by atoms with Gasteiger partial charge in [0.05, 0.1) is 11.4 Å². The standard InChI is InChI=1S/C23H29N3O4S/c1-2-31(29,30)26(16-6-4-3-5-7-23(27)25-28)21-12-10-18(11-13-21)20-9-8-19-14-15-24-22(19)17-20/h8-15,17,24,28H,2-7,16H2,1H3,(H,25,27). The van der Waals surface area contributed by atoms with Crippen molar-refractivity contribution in [3.63, 3.8) is 0 Å². The number of benzene rings is 2. The number of aromatic amines is 1. The zero-order valence-corrected chi connectivity index (χ0v) is 18.5. The predicted octanol–water partition coefficient (Wildman–Crippen LogP) is 4.45. The quantitative estimate of drug-likeness (QED) is 0.231. The fourth-order valence-electron chi connectivity index (χ4n) is 3.58. The van der Waals surface area contributed by atoms with Crippen LogP contribution in [0.25, 0.3) is 22.0 Å². The van der Waals surface area contributed by atoms with E-state index in [0.29, 0.717) is 25.1 Å². The molecule has 0 spiro atoms. The monoisotopic (exact) mass is 443 g/mol. The summed E-state index contributed by atoms with van der Waals surface area (Å²) in [7, 11) is -3.39. The molecule has 0 aliphatic carbocycles. The number of amides is 1. The average Bonchev–Trinajstić information content (AvgIpc) is 3.26. The van der Waals surface area contributed by atoms with Gasteiger partial charge in [-0.1, -0.05) is 37.1 Å². The zero-order valence-electron chi connectivity index (χ0n) is 17.7. The van der Waals surface area contributed by atoms with Gasteiger partial charge in [0.1, 0.15) is 0 Å². The first-order valence-electron chi connectivity index (χ1n) is 10.6. The Kier molecular flexibility index (Phi) is 7.70. The third-order valence-corrected chi connectivity index (χ3v) is 7.18. The molecule has 0 fully saturated rings. The molecule has 0 saturated carbocycles. The maximum Gasteiger partial charge on any atom is 0.243 e. The molecular weight excluding hydrogens is 414 g/mol. The van der Waals surface area contributed by atoms with E-state index in [-0.39, 0.29) is 12.2 Å². The van der Waals surface area contributed by atoms with Gasteiger partial charge < -0.3 is 4.98 Å². The summed E-state index contributed by atoms with van der Waals surface area (Å²) in [5, 5.41) is 9.66. The number of rotatable bonds is 11. The molecule has 166 valence electrons. The van der Waals surface area contributed by atoms with Crippen LogP contribution >= 0.6 is 0 Å². The van der Waals surface area contributed by atoms with Gasteiger partial charge in [-0.25, -0.2) is 13.9 Å². The van der Waals surface area contributed by atoms with Crippen molar-refractivity contribution in [3.8, 4) is 11.1 Å². The maximum absolute atomic E-state index is 12.7. The van der Waals surface area contributed by atoms with Crippen molar-refractivity contribution < 1.29 is 18.4 Å². The molecule has 1 amide bonds. The first-order valence-corrected chi connectivity index (χ1v) is 12.2. The molecule has 3 N–H and O–H groups in total. The second-order valence-corrected chi connectivity index (χ2v) is 9.68. The summed E-state index contributed by atoms with van der Waals surface area (Å²) < 4.78 is 26.8. The van der Waals surface area contributed by atoms with Gasteiger partial charge in [-0.3, -0.25) is 14.3 Å². The van der Waals surface area contributed by atoms with Crippen LogP contribution in [0.3, 0.4) is 0 Å². The number of nitrogens with zero attached hydrogens (tertiary/aromatic N) is 1. The minimum atomic E-state index is -3.39. The van der Waals surface area contributed by atoms with E-state index >= 15 is 0 Å². The summed E-state index contributed by atoms with van der Waals surface area (Å²) in [6.45, 7) is 2.05. The highest BCUT2D eigenvalue weighted by atomic mass is 32.2. The second-order valence-electron chi connectivity index (χ2n) is 7.50. The third-order valence-electron chi connectivity index (χ3n) is 5.38. The largest absolute Gasteiger partial charge is 0.361 e. The number of aromatic nitrogens is 1. The van der Waals surface area contributed by atoms with E-state index in [1.165, 1.54) is 4.31 Å². The number of H-pyrrole nitrogens is 1. The van der Waals surface area contributed by atoms with Crippen LogP contribution < -0.4 is 9.79 Å². The topological polar surface area (TPSA) is 102 Å². The zero-order chi connectivity index (χ0) is 22.3. The Balaban J connectivity index is 1.67. The number of carbonyl (C=O) groups is 1. The molecule has 0 atom stereocenters. The van der Waals surface area contributed by atoms with Crippen LogP contribution in [-0.2, 0) is 14.8 Å². The molecule has 3 rings (SSSR count). The summed E-state index contributed by atoms with van der Waals surface area (Å²) in [5.74, 6) is -0.361. The number of unbranched alkanes of at least 4 members (excludes halogenated alkanes) is 3. The molecule has 3 aromatic rings. The Morgan fingerprint density at radius 3 is 2.42 bits per heavy atom. The van der Waals surface area contributed by atoms with Crippen molar-refractivity contribution in [3.05, 3.63) is 54.7 Å². The smallest absolute Gasteiger partial charge is 0.243 e. The first-order chi connectivity index (χ1) is 14.9. The Hall–Kier alpha value is -2.84. The predicted molar refractivity (Wildman–Crippen MR) is 124 cm³/mol. The number of nitrogens with one attached hydrogen (secondary N) is 2. The van der Waals surface area contributed by atoms with E-state index in [0.717, 1.165) is 34.9 Å². The number of hydrogen-bond donors (Lipinski definition) is 3. The molecule has 1 heterocycles. The summed E-state index contributed by atoms with van der Waals surface area (Å²) in [5.41, 5.74) is 5.43. The van der Waals surface area contributed by atoms with Crippen molar-refractivity contribution >= 4 is 32.5 Å². The molecule has 0 bridgehead atoms. The van der Waals surface area contributed by atoms with Crippen LogP contribution in [0.4, 0.5) is 5.69 Å². The van der Waals surface area contributed by atoms with Gasteiger partial charge >= 0.3 is 0 Å². The fraction of sp³-hybridized carbons (Fsp3) is 0.348. The molecule has 8 heteroatoms. The Labute approximate surface area is 183 Å². The highest BCUT2D eigenvalue weighted by Gasteiger charge is 2.20. The van der Waals surface area contributed by atoms with Crippen LogP contribution in [0.5, 0.6) is 0 Å². The number of fused-ring (bicyclic) bond motifs is 1. The number of hydrogen-bond acceptors (Lipinski definition) is 4. The third kappa shape index (κ3) is 5.86. The SMILES string of the molecule is CCS(=O)(=O)N(CCCCCCC(=O)NO)c1ccc(-c2ccc3cc[nH]c3c2)cc1. The summed E-state index contributed by atoms with van der Waals surface area (Å²) in [6.07, 6.45) is 5.14. The lowest BCUT2D eigenvalue weighted by molar-refractivity contribution is -0.129. The van der Waals surface area contributed by atoms with Crippen LogP contribution in [-0.4, -0.2) is 36.8 Å². The summed E-state index contributed by atoms with van der Waals surface area (Å²) in [4.78, 5) is 14.3. The fourth-order valence-corrected chi connectivity index (χ4v) is 4.74. The number of anilines is 1. The van der Waals surface area contributed by atoms with Gasteiger partial charge in [0.2, 0.25) is 15.9 Å². The van der Waals surface area contributed by atoms with Gasteiger partial charge in [-0.05, 0) is 60.5 Å². The van der Waals surface area contributed by atoms with Gasteiger partial charge in [0, 0.05) is 24.7 Å². The number of hydroxylamine groups is 1. The molecule has 0 aliphatic heterocycles. The molecule has 0 radical (unpaired) electrons. The van der Waals surface area contributed by atoms with Crippen molar-refractivity contribution in [1.82, 2.24) is 10.5 Å². The van der Waals surface area contributed by atoms with Crippen LogP contribution in [0.15, 0.2) is 54.7 Å². The molecule has 2 aromatic carbocycles. The minimum absolute atomic E-state index is 0.0366. The highest BCUT2D eigenvalue weighted by Crippen LogP contribution is 2.27. The Morgan fingerprint density at radius 2 is 1.71 bits per heavy atom. The molecule has 7 nitrogen and oxygen atoms in total. The lowest BCUT2D eigenvalue weighted by Crippen LogP contribution is -2.33.